The van der Waals surface area contributed by atoms with Crippen molar-refractivity contribution < 1.29 is 0 Å². The summed E-state index contributed by atoms with van der Waals surface area (Å²) in [6.07, 6.45) is 0. The molecule has 0 saturated carbocycles. The number of benzene rings is 15. The van der Waals surface area contributed by atoms with E-state index in [0.717, 1.165) is 34.1 Å². The van der Waals surface area contributed by atoms with Gasteiger partial charge in [0, 0.05) is 45.0 Å². The third-order valence-corrected chi connectivity index (χ3v) is 19.8. The van der Waals surface area contributed by atoms with Crippen molar-refractivity contribution in [3.8, 4) is 66.8 Å². The fourth-order valence-electron chi connectivity index (χ4n) is 15.2. The molecule has 0 aromatic heterocycles. The van der Waals surface area contributed by atoms with E-state index in [0.29, 0.717) is 0 Å². The number of hydrogen-bond acceptors (Lipinski definition) is 2. The standard InChI is InChI=1S/C88H64N2/c1-87(2)81-51-63(57-21-9-5-10-22-57)37-43-73(81)75-45-39-71(55-83(75)87)89(67-29-13-7-14-30-67)69-41-47-77-79(53-69)85(65-35-33-59-25-17-19-27-61(59)49-65)78-48-42-70(54-80(78)86(77)66-36-34-60-26-18-20-28-62(60)50-66)90(68-31-15-8-16-32-68)72-40-46-76-74-44-38-64(58-23-11-6-12-24-58)52-82(74)88(3,4)84(76)56-72/h5-56H,1-4H3. The van der Waals surface area contributed by atoms with Gasteiger partial charge in [0.1, 0.15) is 0 Å². The first kappa shape index (κ1) is 53.2. The normalized spacial score (nSPS) is 13.3. The molecule has 0 N–H and O–H groups in total. The van der Waals surface area contributed by atoms with E-state index < -0.39 is 0 Å². The second kappa shape index (κ2) is 20.8. The highest BCUT2D eigenvalue weighted by Gasteiger charge is 2.38. The molecule has 0 heterocycles. The Morgan fingerprint density at radius 1 is 0.200 bits per heavy atom. The SMILES string of the molecule is CC1(C)c2cc(-c3ccccc3)ccc2-c2ccc(N(c3ccccc3)c3ccc4c(-c5ccc6ccccc6c5)c5cc(N(c6ccccc6)c6ccc7c(c6)C(C)(C)c6cc(-c8ccccc8)ccc6-7)ccc5c(-c5ccc6ccccc6c5)c4c3)cc21. The lowest BCUT2D eigenvalue weighted by molar-refractivity contribution is 0.660. The van der Waals surface area contributed by atoms with Crippen LogP contribution >= 0.6 is 0 Å². The summed E-state index contributed by atoms with van der Waals surface area (Å²) in [5.41, 5.74) is 26.4. The Hall–Kier alpha value is -11.1. The van der Waals surface area contributed by atoms with Crippen LogP contribution in [0.25, 0.3) is 110 Å². The van der Waals surface area contributed by atoms with Crippen LogP contribution in [-0.2, 0) is 10.8 Å². The Labute approximate surface area is 526 Å². The van der Waals surface area contributed by atoms with Crippen LogP contribution in [0.4, 0.5) is 34.1 Å². The molecule has 0 atom stereocenters. The minimum Gasteiger partial charge on any atom is -0.310 e. The molecular formula is C88H64N2. The van der Waals surface area contributed by atoms with Gasteiger partial charge in [-0.2, -0.15) is 0 Å². The summed E-state index contributed by atoms with van der Waals surface area (Å²) in [6.45, 7) is 9.58. The third kappa shape index (κ3) is 8.62. The summed E-state index contributed by atoms with van der Waals surface area (Å²) >= 11 is 0. The molecule has 2 nitrogen and oxygen atoms in total. The molecule has 90 heavy (non-hydrogen) atoms. The molecular weight excluding hydrogens is 1080 g/mol. The Morgan fingerprint density at radius 3 is 0.911 bits per heavy atom. The van der Waals surface area contributed by atoms with Crippen LogP contribution in [0, 0.1) is 0 Å². The first-order valence-electron chi connectivity index (χ1n) is 31.5. The molecule has 17 rings (SSSR count). The second-order valence-corrected chi connectivity index (χ2v) is 25.6. The summed E-state index contributed by atoms with van der Waals surface area (Å²) in [5.74, 6) is 0. The fraction of sp³-hybridized carbons (Fsp3) is 0.0682. The van der Waals surface area contributed by atoms with Gasteiger partial charge in [0.05, 0.1) is 0 Å². The van der Waals surface area contributed by atoms with Crippen molar-refractivity contribution in [1.82, 2.24) is 0 Å². The lowest BCUT2D eigenvalue weighted by Crippen LogP contribution is -2.16. The van der Waals surface area contributed by atoms with E-state index in [9.17, 15) is 0 Å². The van der Waals surface area contributed by atoms with E-state index in [1.807, 2.05) is 0 Å². The average molecular weight is 1150 g/mol. The molecule has 0 fully saturated rings. The lowest BCUT2D eigenvalue weighted by atomic mass is 9.81. The highest BCUT2D eigenvalue weighted by atomic mass is 15.1. The average Bonchev–Trinajstić information content (AvgIpc) is 1.34. The monoisotopic (exact) mass is 1150 g/mol. The van der Waals surface area contributed by atoms with Gasteiger partial charge in [-0.15, -0.1) is 0 Å². The maximum absolute atomic E-state index is 2.48. The minimum absolute atomic E-state index is 0.237. The molecule has 2 aliphatic rings. The van der Waals surface area contributed by atoms with E-state index in [2.05, 4.69) is 353 Å². The molecule has 2 aliphatic carbocycles. The Morgan fingerprint density at radius 2 is 0.511 bits per heavy atom. The zero-order chi connectivity index (χ0) is 60.2. The van der Waals surface area contributed by atoms with Crippen molar-refractivity contribution in [1.29, 1.82) is 0 Å². The number of fused-ring (bicyclic) bond motifs is 10. The van der Waals surface area contributed by atoms with Crippen molar-refractivity contribution in [3.63, 3.8) is 0 Å². The van der Waals surface area contributed by atoms with Crippen LogP contribution in [0.1, 0.15) is 49.9 Å². The first-order valence-corrected chi connectivity index (χ1v) is 31.5. The molecule has 0 spiro atoms. The Balaban J connectivity index is 0.886. The van der Waals surface area contributed by atoms with Crippen molar-refractivity contribution in [2.75, 3.05) is 9.80 Å². The smallest absolute Gasteiger partial charge is 0.0468 e. The molecule has 0 saturated heterocycles. The van der Waals surface area contributed by atoms with E-state index in [1.54, 1.807) is 0 Å². The van der Waals surface area contributed by atoms with Gasteiger partial charge in [0.15, 0.2) is 0 Å². The molecule has 426 valence electrons. The molecule has 2 heteroatoms. The van der Waals surface area contributed by atoms with Crippen LogP contribution in [0.5, 0.6) is 0 Å². The maximum Gasteiger partial charge on any atom is 0.0468 e. The minimum atomic E-state index is -0.237. The van der Waals surface area contributed by atoms with Gasteiger partial charge >= 0.3 is 0 Å². The van der Waals surface area contributed by atoms with Crippen LogP contribution in [0.3, 0.4) is 0 Å². The second-order valence-electron chi connectivity index (χ2n) is 25.6. The lowest BCUT2D eigenvalue weighted by Gasteiger charge is -2.30. The number of rotatable bonds is 10. The molecule has 0 bridgehead atoms. The summed E-state index contributed by atoms with van der Waals surface area (Å²) < 4.78 is 0. The van der Waals surface area contributed by atoms with E-state index in [-0.39, 0.29) is 10.8 Å². The van der Waals surface area contributed by atoms with Crippen LogP contribution in [0.2, 0.25) is 0 Å². The van der Waals surface area contributed by atoms with Gasteiger partial charge in [-0.05, 0) is 229 Å². The van der Waals surface area contributed by atoms with Crippen molar-refractivity contribution in [2.45, 2.75) is 38.5 Å². The maximum atomic E-state index is 2.48. The molecule has 15 aromatic rings. The summed E-state index contributed by atoms with van der Waals surface area (Å²) in [6, 6.07) is 118. The highest BCUT2D eigenvalue weighted by Crippen LogP contribution is 2.55. The Bertz CT molecular complexity index is 5020. The third-order valence-electron chi connectivity index (χ3n) is 19.8. The molecule has 15 aromatic carbocycles. The van der Waals surface area contributed by atoms with Gasteiger partial charge in [0.2, 0.25) is 0 Å². The van der Waals surface area contributed by atoms with Crippen molar-refractivity contribution >= 4 is 77.2 Å². The van der Waals surface area contributed by atoms with Gasteiger partial charge in [-0.3, -0.25) is 0 Å². The van der Waals surface area contributed by atoms with Crippen molar-refractivity contribution in [2.24, 2.45) is 0 Å². The number of para-hydroxylation sites is 2. The number of nitrogens with zero attached hydrogens (tertiary/aromatic N) is 2. The first-order chi connectivity index (χ1) is 44.1. The Kier molecular flexibility index (Phi) is 12.3. The van der Waals surface area contributed by atoms with E-state index >= 15 is 0 Å². The molecule has 0 radical (unpaired) electrons. The molecule has 0 unspecified atom stereocenters. The summed E-state index contributed by atoms with van der Waals surface area (Å²) in [4.78, 5) is 4.94. The zero-order valence-electron chi connectivity index (χ0n) is 50.9. The van der Waals surface area contributed by atoms with Gasteiger partial charge in [-0.25, -0.2) is 0 Å². The molecule has 0 amide bonds. The largest absolute Gasteiger partial charge is 0.310 e. The summed E-state index contributed by atoms with van der Waals surface area (Å²) in [7, 11) is 0. The van der Waals surface area contributed by atoms with Gasteiger partial charge in [-0.1, -0.05) is 246 Å². The quantitative estimate of drug-likeness (QED) is 0.126. The topological polar surface area (TPSA) is 6.48 Å². The van der Waals surface area contributed by atoms with E-state index in [1.165, 1.54) is 132 Å². The fourth-order valence-corrected chi connectivity index (χ4v) is 15.2. The van der Waals surface area contributed by atoms with Crippen molar-refractivity contribution in [3.05, 3.63) is 338 Å². The predicted molar refractivity (Wildman–Crippen MR) is 383 cm³/mol. The van der Waals surface area contributed by atoms with Crippen LogP contribution < -0.4 is 9.80 Å². The van der Waals surface area contributed by atoms with Gasteiger partial charge < -0.3 is 9.80 Å². The van der Waals surface area contributed by atoms with Crippen LogP contribution in [-0.4, -0.2) is 0 Å². The molecule has 0 aliphatic heterocycles. The zero-order valence-corrected chi connectivity index (χ0v) is 50.9. The number of hydrogen-bond donors (Lipinski definition) is 0. The predicted octanol–water partition coefficient (Wildman–Crippen LogP) is 24.5. The number of anilines is 6. The highest BCUT2D eigenvalue weighted by molar-refractivity contribution is 6.23. The van der Waals surface area contributed by atoms with E-state index in [4.69, 9.17) is 0 Å². The summed E-state index contributed by atoms with van der Waals surface area (Å²) in [5, 5.41) is 9.60. The van der Waals surface area contributed by atoms with Gasteiger partial charge in [0.25, 0.3) is 0 Å². The van der Waals surface area contributed by atoms with Crippen LogP contribution in [0.15, 0.2) is 315 Å².